The van der Waals surface area contributed by atoms with Crippen molar-refractivity contribution in [3.05, 3.63) is 57.8 Å². The number of hydrogen-bond donors (Lipinski definition) is 0. The molecule has 0 fully saturated rings. The molecule has 0 atom stereocenters. The molecular formula is C16H18N2O4. The van der Waals surface area contributed by atoms with E-state index in [9.17, 15) is 9.59 Å². The summed E-state index contributed by atoms with van der Waals surface area (Å²) in [5, 5.41) is 0. The Bertz CT molecular complexity index is 723. The van der Waals surface area contributed by atoms with Crippen molar-refractivity contribution in [3.63, 3.8) is 0 Å². The van der Waals surface area contributed by atoms with Crippen LogP contribution in [0.2, 0.25) is 0 Å². The summed E-state index contributed by atoms with van der Waals surface area (Å²) < 4.78 is 11.8. The Morgan fingerprint density at radius 3 is 2.59 bits per heavy atom. The zero-order chi connectivity index (χ0) is 16.1. The van der Waals surface area contributed by atoms with Crippen LogP contribution < -0.4 is 10.3 Å². The van der Waals surface area contributed by atoms with Crippen molar-refractivity contribution in [3.8, 4) is 5.75 Å². The first kappa shape index (κ1) is 15.8. The van der Waals surface area contributed by atoms with Gasteiger partial charge in [-0.1, -0.05) is 30.3 Å². The molecule has 0 bridgehead atoms. The van der Waals surface area contributed by atoms with Gasteiger partial charge in [-0.25, -0.2) is 9.78 Å². The average Bonchev–Trinajstić information content (AvgIpc) is 2.52. The summed E-state index contributed by atoms with van der Waals surface area (Å²) in [6, 6.07) is 9.37. The van der Waals surface area contributed by atoms with E-state index in [0.29, 0.717) is 5.82 Å². The third-order valence-electron chi connectivity index (χ3n) is 3.17. The van der Waals surface area contributed by atoms with Gasteiger partial charge in [-0.2, -0.15) is 0 Å². The van der Waals surface area contributed by atoms with Crippen LogP contribution in [0.4, 0.5) is 0 Å². The molecule has 0 radical (unpaired) electrons. The van der Waals surface area contributed by atoms with Gasteiger partial charge in [-0.3, -0.25) is 9.36 Å². The maximum atomic E-state index is 12.3. The number of carbonyl (C=O) groups excluding carboxylic acids is 1. The highest BCUT2D eigenvalue weighted by Crippen LogP contribution is 2.15. The minimum absolute atomic E-state index is 0.0848. The van der Waals surface area contributed by atoms with E-state index in [-0.39, 0.29) is 24.7 Å². The number of rotatable bonds is 5. The number of esters is 1. The van der Waals surface area contributed by atoms with Crippen LogP contribution in [0.5, 0.6) is 5.75 Å². The molecule has 6 nitrogen and oxygen atoms in total. The fourth-order valence-electron chi connectivity index (χ4n) is 1.89. The molecule has 0 unspecified atom stereocenters. The third-order valence-corrected chi connectivity index (χ3v) is 3.17. The standard InChI is InChI=1S/C16H18N2O4/c1-4-21-16(20)13-14(15(19)18(3)11(2)17-13)22-10-12-8-6-5-7-9-12/h5-9H,4,10H2,1-3H3. The largest absolute Gasteiger partial charge is 0.481 e. The average molecular weight is 302 g/mol. The summed E-state index contributed by atoms with van der Waals surface area (Å²) in [5.41, 5.74) is 0.393. The minimum atomic E-state index is -0.661. The van der Waals surface area contributed by atoms with Gasteiger partial charge in [-0.05, 0) is 19.4 Å². The van der Waals surface area contributed by atoms with Crippen LogP contribution in [0.3, 0.4) is 0 Å². The molecule has 0 saturated carbocycles. The summed E-state index contributed by atoms with van der Waals surface area (Å²) in [7, 11) is 1.58. The summed E-state index contributed by atoms with van der Waals surface area (Å²) >= 11 is 0. The van der Waals surface area contributed by atoms with Crippen LogP contribution in [0.15, 0.2) is 35.1 Å². The number of aryl methyl sites for hydroxylation is 1. The fourth-order valence-corrected chi connectivity index (χ4v) is 1.89. The van der Waals surface area contributed by atoms with Gasteiger partial charge in [0.25, 0.3) is 5.56 Å². The van der Waals surface area contributed by atoms with E-state index in [1.165, 1.54) is 4.57 Å². The number of aromatic nitrogens is 2. The molecule has 22 heavy (non-hydrogen) atoms. The topological polar surface area (TPSA) is 70.4 Å². The van der Waals surface area contributed by atoms with Crippen molar-refractivity contribution in [1.29, 1.82) is 0 Å². The fraction of sp³-hybridized carbons (Fsp3) is 0.312. The van der Waals surface area contributed by atoms with Gasteiger partial charge in [0.1, 0.15) is 12.4 Å². The van der Waals surface area contributed by atoms with Crippen LogP contribution in [0, 0.1) is 6.92 Å². The Labute approximate surface area is 128 Å². The summed E-state index contributed by atoms with van der Waals surface area (Å²) in [5.74, 6) is -0.332. The van der Waals surface area contributed by atoms with Gasteiger partial charge in [0, 0.05) is 7.05 Å². The smallest absolute Gasteiger partial charge is 0.361 e. The van der Waals surface area contributed by atoms with Crippen molar-refractivity contribution in [2.75, 3.05) is 6.61 Å². The van der Waals surface area contributed by atoms with Crippen LogP contribution in [0.1, 0.15) is 28.8 Å². The lowest BCUT2D eigenvalue weighted by molar-refractivity contribution is 0.0512. The maximum absolute atomic E-state index is 12.3. The van der Waals surface area contributed by atoms with Crippen molar-refractivity contribution >= 4 is 5.97 Å². The van der Waals surface area contributed by atoms with Crippen molar-refractivity contribution in [1.82, 2.24) is 9.55 Å². The van der Waals surface area contributed by atoms with Gasteiger partial charge < -0.3 is 9.47 Å². The third kappa shape index (κ3) is 3.33. The lowest BCUT2D eigenvalue weighted by Gasteiger charge is -2.12. The molecule has 0 aliphatic heterocycles. The second-order valence-corrected chi connectivity index (χ2v) is 4.70. The Morgan fingerprint density at radius 2 is 1.95 bits per heavy atom. The zero-order valence-electron chi connectivity index (χ0n) is 12.8. The first-order valence-corrected chi connectivity index (χ1v) is 6.96. The maximum Gasteiger partial charge on any atom is 0.361 e. The Morgan fingerprint density at radius 1 is 1.27 bits per heavy atom. The minimum Gasteiger partial charge on any atom is -0.481 e. The molecule has 0 saturated heterocycles. The van der Waals surface area contributed by atoms with Crippen LogP contribution in [-0.4, -0.2) is 22.1 Å². The molecule has 1 aromatic heterocycles. The Balaban J connectivity index is 2.37. The van der Waals surface area contributed by atoms with Crippen LogP contribution in [0.25, 0.3) is 0 Å². The van der Waals surface area contributed by atoms with Gasteiger partial charge in [0.2, 0.25) is 5.75 Å². The summed E-state index contributed by atoms with van der Waals surface area (Å²) in [6.07, 6.45) is 0. The van der Waals surface area contributed by atoms with E-state index >= 15 is 0 Å². The highest BCUT2D eigenvalue weighted by molar-refractivity contribution is 5.90. The van der Waals surface area contributed by atoms with Crippen molar-refractivity contribution in [2.45, 2.75) is 20.5 Å². The normalized spacial score (nSPS) is 10.3. The second-order valence-electron chi connectivity index (χ2n) is 4.70. The molecule has 6 heteroatoms. The van der Waals surface area contributed by atoms with Gasteiger partial charge in [-0.15, -0.1) is 0 Å². The molecule has 0 amide bonds. The first-order valence-electron chi connectivity index (χ1n) is 6.96. The predicted octanol–water partition coefficient (Wildman–Crippen LogP) is 1.84. The van der Waals surface area contributed by atoms with Crippen LogP contribution >= 0.6 is 0 Å². The van der Waals surface area contributed by atoms with E-state index in [0.717, 1.165) is 5.56 Å². The zero-order valence-corrected chi connectivity index (χ0v) is 12.8. The van der Waals surface area contributed by atoms with E-state index in [1.54, 1.807) is 20.9 Å². The number of carbonyl (C=O) groups is 1. The Kier molecular flexibility index (Phi) is 4.93. The lowest BCUT2D eigenvalue weighted by atomic mass is 10.2. The first-order chi connectivity index (χ1) is 10.5. The lowest BCUT2D eigenvalue weighted by Crippen LogP contribution is -2.27. The van der Waals surface area contributed by atoms with Gasteiger partial charge in [0.05, 0.1) is 6.61 Å². The molecule has 0 aliphatic rings. The SMILES string of the molecule is CCOC(=O)c1nc(C)n(C)c(=O)c1OCc1ccccc1. The quantitative estimate of drug-likeness (QED) is 0.788. The number of benzene rings is 1. The van der Waals surface area contributed by atoms with E-state index < -0.39 is 11.5 Å². The highest BCUT2D eigenvalue weighted by atomic mass is 16.5. The monoisotopic (exact) mass is 302 g/mol. The van der Waals surface area contributed by atoms with Gasteiger partial charge >= 0.3 is 5.97 Å². The summed E-state index contributed by atoms with van der Waals surface area (Å²) in [6.45, 7) is 3.71. The van der Waals surface area contributed by atoms with Crippen molar-refractivity contribution in [2.24, 2.45) is 7.05 Å². The molecule has 0 N–H and O–H groups in total. The molecule has 2 rings (SSSR count). The molecule has 0 spiro atoms. The van der Waals surface area contributed by atoms with Gasteiger partial charge in [0.15, 0.2) is 5.69 Å². The van der Waals surface area contributed by atoms with Crippen molar-refractivity contribution < 1.29 is 14.3 Å². The summed E-state index contributed by atoms with van der Waals surface area (Å²) in [4.78, 5) is 28.4. The number of hydrogen-bond acceptors (Lipinski definition) is 5. The molecular weight excluding hydrogens is 284 g/mol. The number of nitrogens with zero attached hydrogens (tertiary/aromatic N) is 2. The number of ether oxygens (including phenoxy) is 2. The van der Waals surface area contributed by atoms with E-state index in [1.807, 2.05) is 30.3 Å². The van der Waals surface area contributed by atoms with E-state index in [4.69, 9.17) is 9.47 Å². The Hall–Kier alpha value is -2.63. The van der Waals surface area contributed by atoms with E-state index in [2.05, 4.69) is 4.98 Å². The van der Waals surface area contributed by atoms with Crippen LogP contribution in [-0.2, 0) is 18.4 Å². The molecule has 0 aliphatic carbocycles. The molecule has 1 aromatic carbocycles. The molecule has 1 heterocycles. The highest BCUT2D eigenvalue weighted by Gasteiger charge is 2.22. The molecule has 116 valence electrons. The molecule has 2 aromatic rings. The predicted molar refractivity (Wildman–Crippen MR) is 80.9 cm³/mol. The second kappa shape index (κ2) is 6.89.